The van der Waals surface area contributed by atoms with Gasteiger partial charge in [-0.1, -0.05) is 6.07 Å². The van der Waals surface area contributed by atoms with E-state index in [1.165, 1.54) is 48.3 Å². The number of phenolic OH excluding ortho intramolecular Hbond substituents is 1. The number of aromatic hydroxyl groups is 1. The molecule has 3 N–H and O–H groups in total. The first-order chi connectivity index (χ1) is 8.99. The number of nitrogens with two attached hydrogens (primary N) is 1. The maximum Gasteiger partial charge on any atom is 0.260 e. The lowest BCUT2D eigenvalue weighted by atomic mass is 10.1. The highest BCUT2D eigenvalue weighted by Gasteiger charge is 2.17. The minimum Gasteiger partial charge on any atom is -0.508 e. The molecule has 0 unspecified atom stereocenters. The van der Waals surface area contributed by atoms with Gasteiger partial charge >= 0.3 is 0 Å². The van der Waals surface area contributed by atoms with Gasteiger partial charge in [0.2, 0.25) is 0 Å². The molecule has 4 nitrogen and oxygen atoms in total. The molecule has 0 fully saturated rings. The first kappa shape index (κ1) is 12.9. The second-order valence-corrected chi connectivity index (χ2v) is 4.12. The van der Waals surface area contributed by atoms with E-state index >= 15 is 0 Å². The number of benzene rings is 2. The zero-order valence-corrected chi connectivity index (χ0v) is 10.3. The van der Waals surface area contributed by atoms with Crippen LogP contribution in [0.3, 0.4) is 0 Å². The molecule has 0 saturated heterocycles. The molecule has 0 saturated carbocycles. The van der Waals surface area contributed by atoms with Crippen molar-refractivity contribution >= 4 is 17.3 Å². The Hall–Kier alpha value is -2.56. The molecule has 2 aromatic carbocycles. The molecule has 2 aromatic rings. The van der Waals surface area contributed by atoms with Crippen LogP contribution < -0.4 is 10.6 Å². The number of anilines is 2. The quantitative estimate of drug-likeness (QED) is 0.643. The second-order valence-electron chi connectivity index (χ2n) is 4.12. The van der Waals surface area contributed by atoms with Crippen LogP contribution >= 0.6 is 0 Å². The van der Waals surface area contributed by atoms with Crippen molar-refractivity contribution in [1.29, 1.82) is 0 Å². The first-order valence-corrected chi connectivity index (χ1v) is 5.61. The van der Waals surface area contributed by atoms with E-state index in [2.05, 4.69) is 0 Å². The van der Waals surface area contributed by atoms with Gasteiger partial charge in [-0.15, -0.1) is 0 Å². The molecule has 0 aromatic heterocycles. The number of hydrogen-bond donors (Lipinski definition) is 2. The Morgan fingerprint density at radius 3 is 2.68 bits per heavy atom. The van der Waals surface area contributed by atoms with Crippen LogP contribution in [0.25, 0.3) is 0 Å². The molecule has 98 valence electrons. The van der Waals surface area contributed by atoms with Gasteiger partial charge in [0.05, 0.1) is 5.56 Å². The van der Waals surface area contributed by atoms with E-state index in [-0.39, 0.29) is 17.0 Å². The average molecular weight is 260 g/mol. The molecule has 0 bridgehead atoms. The Labute approximate surface area is 109 Å². The summed E-state index contributed by atoms with van der Waals surface area (Å²) < 4.78 is 13.1. The van der Waals surface area contributed by atoms with Gasteiger partial charge in [-0.2, -0.15) is 0 Å². The molecule has 5 heteroatoms. The van der Waals surface area contributed by atoms with E-state index in [4.69, 9.17) is 5.73 Å². The van der Waals surface area contributed by atoms with Crippen LogP contribution in [0.1, 0.15) is 10.4 Å². The molecule has 0 aliphatic carbocycles. The topological polar surface area (TPSA) is 66.6 Å². The summed E-state index contributed by atoms with van der Waals surface area (Å²) in [6.07, 6.45) is 0. The summed E-state index contributed by atoms with van der Waals surface area (Å²) in [5.41, 5.74) is 6.54. The van der Waals surface area contributed by atoms with Gasteiger partial charge in [0, 0.05) is 18.4 Å². The maximum absolute atomic E-state index is 13.1. The molecule has 0 radical (unpaired) electrons. The van der Waals surface area contributed by atoms with Gasteiger partial charge in [0.25, 0.3) is 5.91 Å². The zero-order valence-electron chi connectivity index (χ0n) is 10.3. The number of nitrogen functional groups attached to an aromatic ring is 1. The Bertz CT molecular complexity index is 629. The lowest BCUT2D eigenvalue weighted by Crippen LogP contribution is -2.27. The Morgan fingerprint density at radius 1 is 1.26 bits per heavy atom. The van der Waals surface area contributed by atoms with Crippen LogP contribution in [0.4, 0.5) is 15.8 Å². The Morgan fingerprint density at radius 2 is 2.00 bits per heavy atom. The largest absolute Gasteiger partial charge is 0.508 e. The van der Waals surface area contributed by atoms with Crippen molar-refractivity contribution in [3.05, 3.63) is 53.8 Å². The Balaban J connectivity index is 2.36. The number of carbonyl (C=O) groups excluding carboxylic acids is 1. The number of rotatable bonds is 2. The monoisotopic (exact) mass is 260 g/mol. The number of phenols is 1. The fraction of sp³-hybridized carbons (Fsp3) is 0.0714. The molecule has 2 rings (SSSR count). The molecule has 0 aliphatic heterocycles. The number of nitrogens with zero attached hydrogens (tertiary/aromatic N) is 1. The van der Waals surface area contributed by atoms with Crippen molar-refractivity contribution in [2.24, 2.45) is 0 Å². The molecule has 19 heavy (non-hydrogen) atoms. The summed E-state index contributed by atoms with van der Waals surface area (Å²) in [4.78, 5) is 13.5. The van der Waals surface area contributed by atoms with Crippen LogP contribution in [-0.2, 0) is 0 Å². The van der Waals surface area contributed by atoms with Gasteiger partial charge < -0.3 is 15.7 Å². The second kappa shape index (κ2) is 4.97. The Kier molecular flexibility index (Phi) is 3.37. The van der Waals surface area contributed by atoms with Crippen LogP contribution in [-0.4, -0.2) is 18.1 Å². The minimum absolute atomic E-state index is 0.0507. The molecule has 0 heterocycles. The third kappa shape index (κ3) is 2.65. The normalized spacial score (nSPS) is 10.2. The van der Waals surface area contributed by atoms with Crippen molar-refractivity contribution in [3.63, 3.8) is 0 Å². The molecule has 0 spiro atoms. The number of halogens is 1. The van der Waals surface area contributed by atoms with Crippen LogP contribution in [0, 0.1) is 5.82 Å². The van der Waals surface area contributed by atoms with Crippen molar-refractivity contribution in [3.8, 4) is 5.75 Å². The fourth-order valence-electron chi connectivity index (χ4n) is 1.71. The number of carbonyl (C=O) groups is 1. The lowest BCUT2D eigenvalue weighted by Gasteiger charge is -2.18. The van der Waals surface area contributed by atoms with Crippen molar-refractivity contribution in [2.75, 3.05) is 17.7 Å². The van der Waals surface area contributed by atoms with Gasteiger partial charge in [-0.3, -0.25) is 4.79 Å². The van der Waals surface area contributed by atoms with Crippen molar-refractivity contribution < 1.29 is 14.3 Å². The van der Waals surface area contributed by atoms with E-state index in [9.17, 15) is 14.3 Å². The average Bonchev–Trinajstić information content (AvgIpc) is 2.40. The number of amides is 1. The molecular formula is C14H13FN2O2. The van der Waals surface area contributed by atoms with Crippen molar-refractivity contribution in [2.45, 2.75) is 0 Å². The first-order valence-electron chi connectivity index (χ1n) is 5.61. The summed E-state index contributed by atoms with van der Waals surface area (Å²) in [5.74, 6) is -0.898. The summed E-state index contributed by atoms with van der Waals surface area (Å²) in [5, 5.41) is 9.40. The van der Waals surface area contributed by atoms with E-state index in [0.29, 0.717) is 5.69 Å². The third-order valence-electron chi connectivity index (χ3n) is 2.77. The van der Waals surface area contributed by atoms with E-state index in [1.54, 1.807) is 6.07 Å². The highest BCUT2D eigenvalue weighted by Crippen LogP contribution is 2.22. The lowest BCUT2D eigenvalue weighted by molar-refractivity contribution is 0.0993. The SMILES string of the molecule is CN(C(=O)c1cc(O)ccc1N)c1cccc(F)c1. The van der Waals surface area contributed by atoms with Crippen LogP contribution in [0.15, 0.2) is 42.5 Å². The highest BCUT2D eigenvalue weighted by atomic mass is 19.1. The fourth-order valence-corrected chi connectivity index (χ4v) is 1.71. The summed E-state index contributed by atoms with van der Waals surface area (Å²) in [6, 6.07) is 9.80. The van der Waals surface area contributed by atoms with Gasteiger partial charge in [-0.25, -0.2) is 4.39 Å². The standard InChI is InChI=1S/C14H13FN2O2/c1-17(10-4-2-3-9(15)7-10)14(19)12-8-11(18)5-6-13(12)16/h2-8,18H,16H2,1H3. The van der Waals surface area contributed by atoms with Crippen LogP contribution in [0.2, 0.25) is 0 Å². The molecule has 0 aliphatic rings. The van der Waals surface area contributed by atoms with Crippen molar-refractivity contribution in [1.82, 2.24) is 0 Å². The summed E-state index contributed by atoms with van der Waals surface area (Å²) in [7, 11) is 1.51. The van der Waals surface area contributed by atoms with E-state index < -0.39 is 11.7 Å². The smallest absolute Gasteiger partial charge is 0.260 e. The predicted molar refractivity (Wildman–Crippen MR) is 71.7 cm³/mol. The van der Waals surface area contributed by atoms with Gasteiger partial charge in [-0.05, 0) is 36.4 Å². The number of hydrogen-bond acceptors (Lipinski definition) is 3. The highest BCUT2D eigenvalue weighted by molar-refractivity contribution is 6.09. The maximum atomic E-state index is 13.1. The summed E-state index contributed by atoms with van der Waals surface area (Å²) in [6.45, 7) is 0. The minimum atomic E-state index is -0.430. The van der Waals surface area contributed by atoms with Gasteiger partial charge in [0.1, 0.15) is 11.6 Å². The van der Waals surface area contributed by atoms with Crippen LogP contribution in [0.5, 0.6) is 5.75 Å². The molecular weight excluding hydrogens is 247 g/mol. The van der Waals surface area contributed by atoms with E-state index in [0.717, 1.165) is 0 Å². The van der Waals surface area contributed by atoms with E-state index in [1.807, 2.05) is 0 Å². The zero-order chi connectivity index (χ0) is 14.0. The third-order valence-corrected chi connectivity index (χ3v) is 2.77. The molecule has 0 atom stereocenters. The molecule has 1 amide bonds. The predicted octanol–water partition coefficient (Wildman–Crippen LogP) is 2.39. The summed E-state index contributed by atoms with van der Waals surface area (Å²) >= 11 is 0. The van der Waals surface area contributed by atoms with Gasteiger partial charge in [0.15, 0.2) is 0 Å².